The van der Waals surface area contributed by atoms with Crippen LogP contribution in [0.1, 0.15) is 168 Å². The summed E-state index contributed by atoms with van der Waals surface area (Å²) in [5, 5.41) is 85.0. The summed E-state index contributed by atoms with van der Waals surface area (Å²) in [6.07, 6.45) is 2.19. The van der Waals surface area contributed by atoms with Gasteiger partial charge >= 0.3 is 17.9 Å². The van der Waals surface area contributed by atoms with Crippen LogP contribution >= 0.6 is 11.8 Å². The number of nitrogens with zero attached hydrogens (tertiary/aromatic N) is 1. The Morgan fingerprint density at radius 1 is 0.492 bits per heavy atom. The molecule has 2 aromatic heterocycles. The van der Waals surface area contributed by atoms with Crippen LogP contribution in [-0.2, 0) is 101 Å². The van der Waals surface area contributed by atoms with E-state index in [2.05, 4.69) is 84.4 Å². The van der Waals surface area contributed by atoms with E-state index in [0.29, 0.717) is 59.7 Å². The number of aryl methyl sites for hydroxylation is 1. The van der Waals surface area contributed by atoms with Gasteiger partial charge < -0.3 is 111 Å². The van der Waals surface area contributed by atoms with Crippen LogP contribution in [-0.4, -0.2) is 234 Å². The predicted octanol–water partition coefficient (Wildman–Crippen LogP) is 0.848. The van der Waals surface area contributed by atoms with Gasteiger partial charge in [0.05, 0.1) is 30.3 Å². The van der Waals surface area contributed by atoms with E-state index < -0.39 is 234 Å². The van der Waals surface area contributed by atoms with Gasteiger partial charge in [0, 0.05) is 49.3 Å². The minimum Gasteiger partial charge on any atom is -0.508 e. The fourth-order valence-electron chi connectivity index (χ4n) is 13.9. The van der Waals surface area contributed by atoms with E-state index >= 15 is 24.0 Å². The van der Waals surface area contributed by atoms with Gasteiger partial charge in [-0.1, -0.05) is 147 Å². The van der Waals surface area contributed by atoms with Gasteiger partial charge in [0.15, 0.2) is 5.96 Å². The summed E-state index contributed by atoms with van der Waals surface area (Å²) in [6.45, 7) is 11.4. The minimum absolute atomic E-state index is 0.00427. The Bertz CT molecular complexity index is 4670. The number of amides is 14. The molecule has 24 N–H and O–H groups in total. The van der Waals surface area contributed by atoms with Crippen LogP contribution in [0.2, 0.25) is 0 Å². The molecule has 14 amide bonds. The third-order valence-electron chi connectivity index (χ3n) is 21.0. The van der Waals surface area contributed by atoms with E-state index in [9.17, 15) is 78.0 Å². The highest BCUT2D eigenvalue weighted by Gasteiger charge is 2.40. The number of aliphatic carboxylic acids is 3. The number of aromatic amines is 1. The van der Waals surface area contributed by atoms with Crippen molar-refractivity contribution >= 4 is 129 Å². The number of thioether (sulfide) groups is 1. The SMILES string of the molecule is CCCCC[C@@H]1NC(=O)[C@H](Cc2ccc(-c3ccccc3)cc2)NC(=O)[C@H](CC(C)C)NC(=O)[C@H](C(C)C)NC(=O)[C@H](CCC(=O)O)NC(=O)[C@H](CC(=O)O)NC(=O)[C@H](CCc2c[nH]c3cnccc23)NC(=O)[C@H](Cc2ccc(O)cc2)NC(=O)[C@H](CCCCC)NC(=O)[C@H](CCCNC(=N)N)NC(=O)[C@@H](C)NC(=O)CSC[C@@H](C(N)=O)NC(=O)[C@H](CC(=O)O)NC1=O. The van der Waals surface area contributed by atoms with Gasteiger partial charge in [-0.2, -0.15) is 0 Å². The van der Waals surface area contributed by atoms with Gasteiger partial charge in [-0.3, -0.25) is 91.9 Å². The van der Waals surface area contributed by atoms with Crippen molar-refractivity contribution in [3.05, 3.63) is 120 Å². The highest BCUT2D eigenvalue weighted by atomic mass is 32.2. The molecule has 1 aliphatic heterocycles. The zero-order chi connectivity index (χ0) is 94.3. The van der Waals surface area contributed by atoms with Gasteiger partial charge in [0.25, 0.3) is 0 Å². The number of rotatable bonds is 31. The number of H-pyrrole nitrogens is 1. The van der Waals surface area contributed by atoms with E-state index in [0.717, 1.165) is 22.9 Å². The molecule has 0 spiro atoms. The van der Waals surface area contributed by atoms with Crippen LogP contribution in [0.15, 0.2) is 104 Å². The Balaban J connectivity index is 1.46. The molecule has 1 aliphatic rings. The molecule has 0 unspecified atom stereocenters. The lowest BCUT2D eigenvalue weighted by atomic mass is 9.97. The molecule has 128 heavy (non-hydrogen) atoms. The average Bonchev–Trinajstić information content (AvgIpc) is 1.70. The summed E-state index contributed by atoms with van der Waals surface area (Å²) in [5.74, 6) is -22.5. The van der Waals surface area contributed by atoms with Crippen molar-refractivity contribution in [1.82, 2.24) is 84.4 Å². The molecule has 6 rings (SSSR count). The van der Waals surface area contributed by atoms with E-state index in [1.165, 1.54) is 57.4 Å². The Labute approximate surface area is 744 Å². The summed E-state index contributed by atoms with van der Waals surface area (Å²) < 4.78 is 0. The molecule has 0 saturated carbocycles. The third kappa shape index (κ3) is 35.3. The molecule has 3 aromatic carbocycles. The molecule has 0 bridgehead atoms. The molecule has 696 valence electrons. The van der Waals surface area contributed by atoms with Crippen LogP contribution in [0.3, 0.4) is 0 Å². The molecule has 5 aromatic rings. The van der Waals surface area contributed by atoms with Crippen LogP contribution in [0, 0.1) is 17.2 Å². The lowest BCUT2D eigenvalue weighted by Gasteiger charge is -2.30. The van der Waals surface area contributed by atoms with Gasteiger partial charge in [-0.05, 0) is 116 Å². The second-order valence-electron chi connectivity index (χ2n) is 32.3. The highest BCUT2D eigenvalue weighted by Crippen LogP contribution is 2.24. The largest absolute Gasteiger partial charge is 0.508 e. The molecular weight excluding hydrogens is 1680 g/mol. The topological polar surface area (TPSA) is 644 Å². The average molecular weight is 1800 g/mol. The molecule has 1 saturated heterocycles. The first-order valence-corrected chi connectivity index (χ1v) is 43.8. The number of unbranched alkanes of at least 4 members (excludes halogenated alkanes) is 4. The highest BCUT2D eigenvalue weighted by molar-refractivity contribution is 8.00. The number of fused-ring (bicyclic) bond motifs is 1. The fraction of sp³-hybridized carbons (Fsp3) is 0.506. The van der Waals surface area contributed by atoms with Gasteiger partial charge in [-0.25, -0.2) is 0 Å². The molecule has 13 atom stereocenters. The number of phenolic OH excluding ortho intramolecular Hbond substituents is 1. The number of primary amides is 1. The van der Waals surface area contributed by atoms with Crippen molar-refractivity contribution in [2.45, 2.75) is 249 Å². The van der Waals surface area contributed by atoms with E-state index in [1.54, 1.807) is 50.4 Å². The van der Waals surface area contributed by atoms with E-state index in [-0.39, 0.29) is 76.5 Å². The smallest absolute Gasteiger partial charge is 0.305 e. The summed E-state index contributed by atoms with van der Waals surface area (Å²) >= 11 is 0.733. The van der Waals surface area contributed by atoms with E-state index in [4.69, 9.17) is 16.9 Å². The molecule has 3 heterocycles. The summed E-state index contributed by atoms with van der Waals surface area (Å²) in [4.78, 5) is 249. The van der Waals surface area contributed by atoms with Crippen molar-refractivity contribution in [1.29, 1.82) is 5.41 Å². The summed E-state index contributed by atoms with van der Waals surface area (Å²) in [6, 6.07) is 1.53. The quantitative estimate of drug-likeness (QED) is 0.0166. The molecule has 1 fully saturated rings. The lowest BCUT2D eigenvalue weighted by Crippen LogP contribution is -2.62. The van der Waals surface area contributed by atoms with Crippen molar-refractivity contribution in [3.63, 3.8) is 0 Å². The molecule has 0 aliphatic carbocycles. The predicted molar refractivity (Wildman–Crippen MR) is 472 cm³/mol. The maximum atomic E-state index is 15.3. The first-order valence-electron chi connectivity index (χ1n) is 42.7. The van der Waals surface area contributed by atoms with E-state index in [1.807, 2.05) is 44.2 Å². The van der Waals surface area contributed by atoms with Crippen molar-refractivity contribution in [2.24, 2.45) is 23.3 Å². The maximum Gasteiger partial charge on any atom is 0.305 e. The number of pyridine rings is 1. The van der Waals surface area contributed by atoms with Crippen molar-refractivity contribution in [2.75, 3.05) is 18.1 Å². The number of carbonyl (C=O) groups is 17. The van der Waals surface area contributed by atoms with Crippen LogP contribution in [0.5, 0.6) is 5.75 Å². The van der Waals surface area contributed by atoms with Gasteiger partial charge in [-0.15, -0.1) is 11.8 Å². The number of carboxylic acid groups (broad SMARTS) is 3. The molecule has 41 heteroatoms. The second-order valence-corrected chi connectivity index (χ2v) is 33.3. The van der Waals surface area contributed by atoms with Crippen LogP contribution in [0.4, 0.5) is 0 Å². The Morgan fingerprint density at radius 2 is 0.930 bits per heavy atom. The third-order valence-corrected chi connectivity index (χ3v) is 22.0. The Morgan fingerprint density at radius 3 is 1.42 bits per heavy atom. The first-order chi connectivity index (χ1) is 60.8. The number of benzene rings is 3. The maximum absolute atomic E-state index is 15.3. The number of phenols is 1. The minimum atomic E-state index is -2.13. The number of hydrogen-bond donors (Lipinski definition) is 22. The number of aromatic nitrogens is 2. The number of aromatic hydroxyl groups is 1. The molecule has 0 radical (unpaired) electrons. The number of carboxylic acids is 3. The zero-order valence-electron chi connectivity index (χ0n) is 72.8. The fourth-order valence-corrected chi connectivity index (χ4v) is 14.8. The second kappa shape index (κ2) is 52.6. The Hall–Kier alpha value is -13.2. The van der Waals surface area contributed by atoms with Gasteiger partial charge in [0.1, 0.15) is 84.3 Å². The molecular formula is C87H121N19O21S. The monoisotopic (exact) mass is 1800 g/mol. The number of nitrogens with one attached hydrogen (secondary N) is 16. The number of carbonyl (C=O) groups excluding carboxylic acids is 14. The molecule has 40 nitrogen and oxygen atoms in total. The summed E-state index contributed by atoms with van der Waals surface area (Å²) in [5.41, 5.74) is 14.9. The summed E-state index contributed by atoms with van der Waals surface area (Å²) in [7, 11) is 0. The van der Waals surface area contributed by atoms with Crippen LogP contribution < -0.4 is 85.9 Å². The zero-order valence-corrected chi connectivity index (χ0v) is 73.6. The lowest BCUT2D eigenvalue weighted by molar-refractivity contribution is -0.142. The Kier molecular flexibility index (Phi) is 42.6. The first kappa shape index (κ1) is 104. The van der Waals surface area contributed by atoms with Gasteiger partial charge in [0.2, 0.25) is 82.7 Å². The normalized spacial score (nSPS) is 22.7. The van der Waals surface area contributed by atoms with Crippen molar-refractivity contribution < 1.29 is 102 Å². The standard InChI is InChI=1S/C87H121N19O21S/c1-8-10-13-20-57-77(118)100-63(40-51-25-30-55(107)31-26-51)83(124)98-60(32-29-54-43-93-67-44-91-37-35-56(54)67)79(120)103-65(41-71(111)112)84(125)99-61(33-34-70(109)110)80(121)106-73(48(5)6)86(127)104-62(38-47(3)4)81(122)101-64(39-50-23-27-53(28-24-50)52-18-15-12-16-19-52)82(123)97-58(21-14-11-9-2)78(119)102-66(42-72(113)114)85(126)105-68(74(88)115)45-128-46-69(108)94-49(7)75(116)95-59(76(117)96-57)22-17-36-92-87(89)90/h12,15-16,18-19,23-28,30-31,35,37,43-44,47-49,57-66,68,73,93,107H,8-11,13-14,17,20-22,29,32-34,36,38-42,45-46H2,1-7H3,(H2,88,115)(H,94,108)(H,95,116)(H,96,117)(H,97,123)(H,98,124)(H,99,125)(H,100,118)(H,101,122)(H,102,119)(H,103,120)(H,104,127)(H,105,126)(H,106,121)(H,109,110)(H,111,112)(H,113,114)(H4,89,90,92)/t49-,57+,58+,59+,60+,61+,62+,63+,64+,65+,66+,68+,73+/m1/s1. The number of guanidine groups is 1. The number of hydrogen-bond acceptors (Lipinski definition) is 21. The number of nitrogens with two attached hydrogens (primary N) is 2. The van der Waals surface area contributed by atoms with Crippen molar-refractivity contribution in [3.8, 4) is 16.9 Å². The van der Waals surface area contributed by atoms with Crippen LogP contribution in [0.25, 0.3) is 22.0 Å².